The predicted octanol–water partition coefficient (Wildman–Crippen LogP) is 4.13. The molecule has 2 N–H and O–H groups in total. The van der Waals surface area contributed by atoms with Crippen LogP contribution >= 0.6 is 11.3 Å². The number of aryl methyl sites for hydroxylation is 1. The van der Waals surface area contributed by atoms with Crippen LogP contribution in [0.3, 0.4) is 0 Å². The fourth-order valence-electron chi connectivity index (χ4n) is 3.67. The summed E-state index contributed by atoms with van der Waals surface area (Å²) in [6, 6.07) is 2.45. The van der Waals surface area contributed by atoms with E-state index in [2.05, 4.69) is 20.7 Å². The van der Waals surface area contributed by atoms with E-state index in [9.17, 15) is 22.8 Å². The molecule has 164 valence electrons. The Morgan fingerprint density at radius 2 is 2.00 bits per heavy atom. The Balaban J connectivity index is 1.44. The van der Waals surface area contributed by atoms with Crippen LogP contribution in [0, 0.1) is 6.92 Å². The predicted molar refractivity (Wildman–Crippen MR) is 110 cm³/mol. The van der Waals surface area contributed by atoms with E-state index >= 15 is 0 Å². The summed E-state index contributed by atoms with van der Waals surface area (Å²) in [4.78, 5) is 28.9. The molecule has 1 aliphatic carbocycles. The van der Waals surface area contributed by atoms with Crippen LogP contribution in [0.15, 0.2) is 24.5 Å². The third-order valence-corrected chi connectivity index (χ3v) is 6.42. The molecule has 0 radical (unpaired) electrons. The van der Waals surface area contributed by atoms with Gasteiger partial charge in [-0.25, -0.2) is 4.98 Å². The molecule has 0 bridgehead atoms. The third-order valence-electron chi connectivity index (χ3n) is 5.22. The van der Waals surface area contributed by atoms with Gasteiger partial charge in [0.2, 0.25) is 5.91 Å². The molecule has 0 saturated heterocycles. The number of alkyl halides is 3. The Bertz CT molecular complexity index is 1130. The molecule has 3 aromatic heterocycles. The first-order chi connectivity index (χ1) is 14.7. The van der Waals surface area contributed by atoms with Crippen LogP contribution in [-0.4, -0.2) is 32.6 Å². The van der Waals surface area contributed by atoms with Gasteiger partial charge in [0.15, 0.2) is 0 Å². The average molecular weight is 451 g/mol. The Labute approximate surface area is 179 Å². The average Bonchev–Trinajstić information content (AvgIpc) is 3.42. The zero-order valence-corrected chi connectivity index (χ0v) is 17.4. The highest BCUT2D eigenvalue weighted by Gasteiger charge is 2.33. The molecule has 3 aromatic rings. The number of rotatable bonds is 5. The van der Waals surface area contributed by atoms with Gasteiger partial charge in [0, 0.05) is 17.6 Å². The van der Waals surface area contributed by atoms with Crippen molar-refractivity contribution >= 4 is 39.1 Å². The van der Waals surface area contributed by atoms with Gasteiger partial charge in [-0.15, -0.1) is 11.3 Å². The Hall–Kier alpha value is -2.95. The van der Waals surface area contributed by atoms with Crippen LogP contribution < -0.4 is 10.6 Å². The molecule has 1 saturated carbocycles. The highest BCUT2D eigenvalue weighted by molar-refractivity contribution is 7.20. The molecule has 1 aliphatic rings. The van der Waals surface area contributed by atoms with E-state index in [0.717, 1.165) is 43.1 Å². The summed E-state index contributed by atoms with van der Waals surface area (Å²) >= 11 is 0.902. The molecule has 0 aliphatic heterocycles. The van der Waals surface area contributed by atoms with Crippen molar-refractivity contribution in [3.8, 4) is 0 Å². The van der Waals surface area contributed by atoms with Gasteiger partial charge in [-0.2, -0.15) is 18.3 Å². The van der Waals surface area contributed by atoms with Crippen molar-refractivity contribution in [2.75, 3.05) is 5.32 Å². The highest BCUT2D eigenvalue weighted by atomic mass is 32.1. The second-order valence-corrected chi connectivity index (χ2v) is 8.53. The number of pyridine rings is 1. The van der Waals surface area contributed by atoms with E-state index < -0.39 is 17.8 Å². The number of carbonyl (C=O) groups excluding carboxylic acids is 2. The van der Waals surface area contributed by atoms with Crippen molar-refractivity contribution in [3.05, 3.63) is 40.7 Å². The van der Waals surface area contributed by atoms with Crippen LogP contribution in [0.4, 0.5) is 18.9 Å². The topological polar surface area (TPSA) is 88.9 Å². The van der Waals surface area contributed by atoms with Crippen LogP contribution in [-0.2, 0) is 17.5 Å². The summed E-state index contributed by atoms with van der Waals surface area (Å²) in [6.07, 6.45) is 2.62. The van der Waals surface area contributed by atoms with Gasteiger partial charge in [0.25, 0.3) is 5.91 Å². The van der Waals surface area contributed by atoms with Gasteiger partial charge in [-0.05, 0) is 37.5 Å². The lowest BCUT2D eigenvalue weighted by molar-refractivity contribution is -0.141. The van der Waals surface area contributed by atoms with E-state index in [1.54, 1.807) is 6.92 Å². The summed E-state index contributed by atoms with van der Waals surface area (Å²) in [5, 5.41) is 10.2. The Morgan fingerprint density at radius 1 is 1.26 bits per heavy atom. The van der Waals surface area contributed by atoms with Crippen molar-refractivity contribution < 1.29 is 22.8 Å². The van der Waals surface area contributed by atoms with Crippen molar-refractivity contribution in [2.45, 2.75) is 51.4 Å². The maximum Gasteiger partial charge on any atom is 0.433 e. The smallest absolute Gasteiger partial charge is 0.352 e. The first-order valence-corrected chi connectivity index (χ1v) is 10.6. The van der Waals surface area contributed by atoms with Gasteiger partial charge < -0.3 is 10.6 Å². The van der Waals surface area contributed by atoms with Crippen molar-refractivity contribution in [1.82, 2.24) is 20.1 Å². The molecule has 3 heterocycles. The first kappa shape index (κ1) is 21.3. The number of hydrogen-bond donors (Lipinski definition) is 2. The van der Waals surface area contributed by atoms with Crippen molar-refractivity contribution in [3.63, 3.8) is 0 Å². The Morgan fingerprint density at radius 3 is 2.71 bits per heavy atom. The fourth-order valence-corrected chi connectivity index (χ4v) is 4.74. The molecule has 1 fully saturated rings. The van der Waals surface area contributed by atoms with E-state index in [1.807, 2.05) is 0 Å². The number of aromatic nitrogens is 3. The van der Waals surface area contributed by atoms with Crippen LogP contribution in [0.25, 0.3) is 10.2 Å². The van der Waals surface area contributed by atoms with E-state index in [1.165, 1.54) is 23.1 Å². The van der Waals surface area contributed by atoms with Crippen LogP contribution in [0.5, 0.6) is 0 Å². The normalized spacial score (nSPS) is 14.8. The second-order valence-electron chi connectivity index (χ2n) is 7.53. The van der Waals surface area contributed by atoms with E-state index in [-0.39, 0.29) is 28.2 Å². The number of nitrogens with zero attached hydrogens (tertiary/aromatic N) is 3. The molecule has 0 aromatic carbocycles. The number of amides is 2. The maximum atomic E-state index is 12.9. The molecule has 0 spiro atoms. The quantitative estimate of drug-likeness (QED) is 0.611. The molecular weight excluding hydrogens is 431 g/mol. The number of halogens is 3. The minimum Gasteiger partial charge on any atom is -0.352 e. The molecule has 31 heavy (non-hydrogen) atoms. The lowest BCUT2D eigenvalue weighted by atomic mass is 10.2. The van der Waals surface area contributed by atoms with Gasteiger partial charge in [0.1, 0.15) is 17.1 Å². The summed E-state index contributed by atoms with van der Waals surface area (Å²) in [5.41, 5.74) is -0.0492. The number of nitrogens with one attached hydrogen (secondary N) is 2. The minimum atomic E-state index is -4.55. The highest BCUT2D eigenvalue weighted by Crippen LogP contribution is 2.34. The number of anilines is 1. The zero-order valence-electron chi connectivity index (χ0n) is 16.6. The standard InChI is InChI=1S/C20H20F3N5O2S/c1-11-14-6-7-15(20(21,22)23)27-19(14)31-17(11)18(30)26-13-8-24-28(9-13)10-16(29)25-12-4-2-3-5-12/h6-9,12H,2-5,10H2,1H3,(H,25,29)(H,26,30). The molecule has 7 nitrogen and oxygen atoms in total. The second kappa shape index (κ2) is 8.29. The monoisotopic (exact) mass is 451 g/mol. The molecule has 0 unspecified atom stereocenters. The Kier molecular flexibility index (Phi) is 5.69. The van der Waals surface area contributed by atoms with Crippen LogP contribution in [0.2, 0.25) is 0 Å². The molecular formula is C20H20F3N5O2S. The summed E-state index contributed by atoms with van der Waals surface area (Å²) < 4.78 is 40.1. The van der Waals surface area contributed by atoms with Gasteiger partial charge in [-0.1, -0.05) is 12.8 Å². The van der Waals surface area contributed by atoms with Gasteiger partial charge >= 0.3 is 6.18 Å². The summed E-state index contributed by atoms with van der Waals surface area (Å²) in [7, 11) is 0. The number of thiophene rings is 1. The van der Waals surface area contributed by atoms with E-state index in [4.69, 9.17) is 0 Å². The molecule has 11 heteroatoms. The minimum absolute atomic E-state index is 0.0401. The number of fused-ring (bicyclic) bond motifs is 1. The van der Waals surface area contributed by atoms with Gasteiger partial charge in [-0.3, -0.25) is 14.3 Å². The fraction of sp³-hybridized carbons (Fsp3) is 0.400. The van der Waals surface area contributed by atoms with E-state index in [0.29, 0.717) is 16.6 Å². The van der Waals surface area contributed by atoms with Crippen molar-refractivity contribution in [2.24, 2.45) is 0 Å². The molecule has 0 atom stereocenters. The SMILES string of the molecule is Cc1c(C(=O)Nc2cnn(CC(=O)NC3CCCC3)c2)sc2nc(C(F)(F)F)ccc12. The zero-order chi connectivity index (χ0) is 22.2. The number of carbonyl (C=O) groups is 2. The third kappa shape index (κ3) is 4.71. The number of hydrogen-bond acceptors (Lipinski definition) is 5. The van der Waals surface area contributed by atoms with Gasteiger partial charge in [0.05, 0.1) is 16.8 Å². The lowest BCUT2D eigenvalue weighted by Gasteiger charge is -2.11. The van der Waals surface area contributed by atoms with Crippen LogP contribution in [0.1, 0.15) is 46.6 Å². The summed E-state index contributed by atoms with van der Waals surface area (Å²) in [6.45, 7) is 1.71. The maximum absolute atomic E-state index is 12.9. The first-order valence-electron chi connectivity index (χ1n) is 9.81. The van der Waals surface area contributed by atoms with Crippen molar-refractivity contribution in [1.29, 1.82) is 0 Å². The lowest BCUT2D eigenvalue weighted by Crippen LogP contribution is -2.35. The molecule has 2 amide bonds. The molecule has 4 rings (SSSR count). The largest absolute Gasteiger partial charge is 0.433 e. The summed E-state index contributed by atoms with van der Waals surface area (Å²) in [5.74, 6) is -0.608.